The van der Waals surface area contributed by atoms with Crippen LogP contribution in [0.15, 0.2) is 0 Å². The number of aliphatic hydroxyl groups excluding tert-OH is 1. The van der Waals surface area contributed by atoms with Crippen LogP contribution in [0.5, 0.6) is 0 Å². The summed E-state index contributed by atoms with van der Waals surface area (Å²) < 4.78 is 7.00. The van der Waals surface area contributed by atoms with Crippen LogP contribution < -0.4 is 5.32 Å². The molecule has 2 saturated heterocycles. The normalized spacial score (nSPS) is 61.4. The molecule has 0 unspecified atom stereocenters. The van der Waals surface area contributed by atoms with Crippen LogP contribution in [-0.4, -0.2) is 28.9 Å². The van der Waals surface area contributed by atoms with E-state index in [1.165, 1.54) is 44.9 Å². The standard InChI is InChI=1S/C23H35NO3/c1-21-8-5-14(25)11-13(21)3-4-18-17(21)6-9-22(2)16-7-10-23(18,22)27-20-15(16)12-19(26)24-20/h13-18,20,25H,3-12H2,1-2H3,(H,24,26)/t13-,14+,15-,16+,17-,18+,20-,21-,22+,23-/m0/s1. The van der Waals surface area contributed by atoms with E-state index in [1.807, 2.05) is 0 Å². The lowest BCUT2D eigenvalue weighted by molar-refractivity contribution is -0.288. The van der Waals surface area contributed by atoms with Crippen molar-refractivity contribution in [1.82, 2.24) is 5.32 Å². The summed E-state index contributed by atoms with van der Waals surface area (Å²) in [6, 6.07) is 0. The molecule has 2 aliphatic heterocycles. The van der Waals surface area contributed by atoms with Gasteiger partial charge in [0.15, 0.2) is 0 Å². The summed E-state index contributed by atoms with van der Waals surface area (Å²) in [7, 11) is 0. The number of aliphatic hydroxyl groups is 1. The van der Waals surface area contributed by atoms with Gasteiger partial charge in [0.25, 0.3) is 0 Å². The largest absolute Gasteiger partial charge is 0.393 e. The number of carbonyl (C=O) groups excluding carboxylic acids is 1. The van der Waals surface area contributed by atoms with Crippen molar-refractivity contribution in [3.8, 4) is 0 Å². The van der Waals surface area contributed by atoms with Crippen molar-refractivity contribution in [2.75, 3.05) is 0 Å². The Morgan fingerprint density at radius 1 is 1.00 bits per heavy atom. The molecule has 4 saturated carbocycles. The molecule has 0 spiro atoms. The first-order chi connectivity index (χ1) is 12.9. The molecule has 150 valence electrons. The average molecular weight is 374 g/mol. The third-order valence-electron chi connectivity index (χ3n) is 10.8. The predicted octanol–water partition coefficient (Wildman–Crippen LogP) is 3.62. The number of fused-ring (bicyclic) bond motifs is 5. The Morgan fingerprint density at radius 3 is 2.67 bits per heavy atom. The van der Waals surface area contributed by atoms with Gasteiger partial charge in [0.2, 0.25) is 5.91 Å². The number of rotatable bonds is 0. The van der Waals surface area contributed by atoms with Crippen molar-refractivity contribution in [2.45, 2.75) is 96.0 Å². The molecule has 6 aliphatic rings. The highest BCUT2D eigenvalue weighted by Gasteiger charge is 2.73. The Kier molecular flexibility index (Phi) is 3.39. The molecule has 0 aromatic heterocycles. The third-order valence-corrected chi connectivity index (χ3v) is 10.8. The van der Waals surface area contributed by atoms with Gasteiger partial charge in [-0.3, -0.25) is 4.79 Å². The monoisotopic (exact) mass is 373 g/mol. The molecule has 27 heavy (non-hydrogen) atoms. The van der Waals surface area contributed by atoms with Crippen LogP contribution in [0.1, 0.15) is 78.1 Å². The van der Waals surface area contributed by atoms with Crippen molar-refractivity contribution in [1.29, 1.82) is 0 Å². The second-order valence-electron chi connectivity index (χ2n) is 11.4. The highest BCUT2D eigenvalue weighted by atomic mass is 16.5. The molecular formula is C23H35NO3. The van der Waals surface area contributed by atoms with E-state index in [2.05, 4.69) is 19.2 Å². The van der Waals surface area contributed by atoms with Crippen LogP contribution in [0.3, 0.4) is 0 Å². The molecule has 2 bridgehead atoms. The van der Waals surface area contributed by atoms with Gasteiger partial charge in [-0.15, -0.1) is 0 Å². The smallest absolute Gasteiger partial charge is 0.222 e. The van der Waals surface area contributed by atoms with E-state index in [0.717, 1.165) is 18.8 Å². The fourth-order valence-corrected chi connectivity index (χ4v) is 9.52. The quantitative estimate of drug-likeness (QED) is 0.682. The third kappa shape index (κ3) is 1.95. The molecule has 2 heterocycles. The van der Waals surface area contributed by atoms with Gasteiger partial charge >= 0.3 is 0 Å². The average Bonchev–Trinajstić information content (AvgIpc) is 3.08. The van der Waals surface area contributed by atoms with Gasteiger partial charge in [-0.05, 0) is 86.9 Å². The second-order valence-corrected chi connectivity index (χ2v) is 11.4. The fraction of sp³-hybridized carbons (Fsp3) is 0.957. The lowest BCUT2D eigenvalue weighted by atomic mass is 9.42. The molecule has 10 atom stereocenters. The molecule has 2 N–H and O–H groups in total. The minimum atomic E-state index is -0.0807. The summed E-state index contributed by atoms with van der Waals surface area (Å²) in [5, 5.41) is 13.4. The van der Waals surface area contributed by atoms with E-state index in [0.29, 0.717) is 35.5 Å². The van der Waals surface area contributed by atoms with E-state index >= 15 is 0 Å². The maximum Gasteiger partial charge on any atom is 0.222 e. The number of carbonyl (C=O) groups is 1. The zero-order valence-electron chi connectivity index (χ0n) is 16.9. The highest BCUT2D eigenvalue weighted by molar-refractivity contribution is 5.79. The lowest BCUT2D eigenvalue weighted by Gasteiger charge is -2.67. The Bertz CT molecular complexity index is 681. The molecule has 0 aromatic carbocycles. The first kappa shape index (κ1) is 17.3. The van der Waals surface area contributed by atoms with Gasteiger partial charge in [0.1, 0.15) is 6.23 Å². The molecule has 4 heteroatoms. The maximum atomic E-state index is 12.1. The molecule has 1 amide bonds. The van der Waals surface area contributed by atoms with Crippen molar-refractivity contribution in [2.24, 2.45) is 40.4 Å². The zero-order chi connectivity index (χ0) is 18.6. The summed E-state index contributed by atoms with van der Waals surface area (Å²) >= 11 is 0. The van der Waals surface area contributed by atoms with Crippen LogP contribution in [0.4, 0.5) is 0 Å². The fourth-order valence-electron chi connectivity index (χ4n) is 9.52. The highest BCUT2D eigenvalue weighted by Crippen LogP contribution is 2.73. The van der Waals surface area contributed by atoms with E-state index in [9.17, 15) is 9.90 Å². The Balaban J connectivity index is 1.39. The number of amides is 1. The SMILES string of the molecule is C[C@]12CC[C@@H](O)C[C@@H]1CC[C@@H]1[C@@H]2CC[C@]2(C)[C@@H]3CC[C@]12O[C@@H]1NC(=O)C[C@@H]31. The first-order valence-corrected chi connectivity index (χ1v) is 11.5. The van der Waals surface area contributed by atoms with Crippen LogP contribution in [-0.2, 0) is 9.53 Å². The van der Waals surface area contributed by atoms with Gasteiger partial charge in [0, 0.05) is 17.8 Å². The van der Waals surface area contributed by atoms with Crippen LogP contribution in [0.25, 0.3) is 0 Å². The Hall–Kier alpha value is -0.610. The van der Waals surface area contributed by atoms with E-state index < -0.39 is 0 Å². The van der Waals surface area contributed by atoms with Crippen molar-refractivity contribution in [3.63, 3.8) is 0 Å². The minimum Gasteiger partial charge on any atom is -0.393 e. The maximum absolute atomic E-state index is 12.1. The van der Waals surface area contributed by atoms with Crippen molar-refractivity contribution < 1.29 is 14.6 Å². The number of hydrogen-bond donors (Lipinski definition) is 2. The molecular weight excluding hydrogens is 338 g/mol. The Morgan fingerprint density at radius 2 is 1.81 bits per heavy atom. The van der Waals surface area contributed by atoms with Gasteiger partial charge in [-0.25, -0.2) is 0 Å². The van der Waals surface area contributed by atoms with Gasteiger partial charge in [-0.2, -0.15) is 0 Å². The van der Waals surface area contributed by atoms with Gasteiger partial charge in [0.05, 0.1) is 11.7 Å². The number of nitrogens with one attached hydrogen (secondary N) is 1. The molecule has 4 nitrogen and oxygen atoms in total. The van der Waals surface area contributed by atoms with Crippen molar-refractivity contribution in [3.05, 3.63) is 0 Å². The van der Waals surface area contributed by atoms with Crippen LogP contribution in [0.2, 0.25) is 0 Å². The molecule has 6 rings (SSSR count). The van der Waals surface area contributed by atoms with Gasteiger partial charge < -0.3 is 15.2 Å². The lowest BCUT2D eigenvalue weighted by Crippen LogP contribution is -2.67. The molecule has 4 aliphatic carbocycles. The first-order valence-electron chi connectivity index (χ1n) is 11.5. The number of hydrogen-bond acceptors (Lipinski definition) is 3. The second kappa shape index (κ2) is 5.30. The summed E-state index contributed by atoms with van der Waals surface area (Å²) in [5.41, 5.74) is 0.595. The van der Waals surface area contributed by atoms with Crippen LogP contribution >= 0.6 is 0 Å². The van der Waals surface area contributed by atoms with Crippen LogP contribution in [0, 0.1) is 40.4 Å². The summed E-state index contributed by atoms with van der Waals surface area (Å²) in [6.07, 6.45) is 11.3. The number of ether oxygens (including phenoxy) is 1. The van der Waals surface area contributed by atoms with E-state index in [1.54, 1.807) is 0 Å². The van der Waals surface area contributed by atoms with E-state index in [-0.39, 0.29) is 29.3 Å². The summed E-state index contributed by atoms with van der Waals surface area (Å²) in [5.74, 6) is 3.28. The molecule has 0 radical (unpaired) electrons. The molecule has 6 fully saturated rings. The topological polar surface area (TPSA) is 58.6 Å². The Labute approximate surface area is 162 Å². The van der Waals surface area contributed by atoms with E-state index in [4.69, 9.17) is 4.74 Å². The zero-order valence-corrected chi connectivity index (χ0v) is 16.9. The van der Waals surface area contributed by atoms with Crippen molar-refractivity contribution >= 4 is 5.91 Å². The molecule has 0 aromatic rings. The van der Waals surface area contributed by atoms with Gasteiger partial charge in [-0.1, -0.05) is 13.8 Å². The predicted molar refractivity (Wildman–Crippen MR) is 102 cm³/mol. The summed E-state index contributed by atoms with van der Waals surface area (Å²) in [4.78, 5) is 12.1. The summed E-state index contributed by atoms with van der Waals surface area (Å²) in [6.45, 7) is 5.05. The minimum absolute atomic E-state index is 0.0244.